The molecule has 30 heavy (non-hydrogen) atoms. The molecule has 0 bridgehead atoms. The molecule has 0 aliphatic heterocycles. The van der Waals surface area contributed by atoms with Crippen molar-refractivity contribution in [1.82, 2.24) is 15.1 Å². The lowest BCUT2D eigenvalue weighted by Crippen LogP contribution is -2.25. The fraction of sp³-hybridized carbons (Fsp3) is 0.304. The van der Waals surface area contributed by atoms with E-state index in [1.807, 2.05) is 63.2 Å². The molecule has 0 spiro atoms. The molecule has 1 aromatic heterocycles. The second-order valence-electron chi connectivity index (χ2n) is 7.23. The molecule has 2 aromatic carbocycles. The monoisotopic (exact) mass is 445 g/mol. The van der Waals surface area contributed by atoms with Crippen molar-refractivity contribution in [2.45, 2.75) is 40.3 Å². The fourth-order valence-electron chi connectivity index (χ4n) is 3.15. The van der Waals surface area contributed by atoms with Gasteiger partial charge in [-0.25, -0.2) is 0 Å². The van der Waals surface area contributed by atoms with E-state index < -0.39 is 0 Å². The Morgan fingerprint density at radius 3 is 2.33 bits per heavy atom. The van der Waals surface area contributed by atoms with Crippen molar-refractivity contribution in [3.05, 3.63) is 80.6 Å². The van der Waals surface area contributed by atoms with Crippen molar-refractivity contribution >= 4 is 29.1 Å². The van der Waals surface area contributed by atoms with Crippen LogP contribution in [0.4, 0.5) is 0 Å². The normalized spacial score (nSPS) is 10.8. The van der Waals surface area contributed by atoms with Crippen LogP contribution >= 0.6 is 23.2 Å². The third-order valence-corrected chi connectivity index (χ3v) is 5.77. The minimum atomic E-state index is -0.113. The van der Waals surface area contributed by atoms with Crippen molar-refractivity contribution in [2.24, 2.45) is 0 Å². The molecule has 7 heteroatoms. The Labute approximate surface area is 187 Å². The standard InChI is InChI=1S/C23H25Cl2N3O2/c1-15-6-4-7-16(2)21(15)30-14-18-8-10-19(11-9-18)23(29)26-12-5-13-28-22(25)20(24)17(3)27-28/h4,6-11H,5,12-14H2,1-3H3,(H,26,29). The van der Waals surface area contributed by atoms with Gasteiger partial charge in [0.25, 0.3) is 5.91 Å². The van der Waals surface area contributed by atoms with E-state index in [1.165, 1.54) is 0 Å². The molecule has 158 valence electrons. The van der Waals surface area contributed by atoms with Gasteiger partial charge in [0.2, 0.25) is 0 Å². The molecule has 0 aliphatic carbocycles. The van der Waals surface area contributed by atoms with E-state index in [1.54, 1.807) is 4.68 Å². The average molecular weight is 446 g/mol. The van der Waals surface area contributed by atoms with Crippen LogP contribution in [-0.4, -0.2) is 22.2 Å². The highest BCUT2D eigenvalue weighted by Gasteiger charge is 2.11. The zero-order chi connectivity index (χ0) is 21.7. The fourth-order valence-corrected chi connectivity index (χ4v) is 3.54. The lowest BCUT2D eigenvalue weighted by molar-refractivity contribution is 0.0952. The molecule has 3 rings (SSSR count). The Morgan fingerprint density at radius 1 is 1.07 bits per heavy atom. The number of hydrogen-bond donors (Lipinski definition) is 1. The molecule has 1 N–H and O–H groups in total. The van der Waals surface area contributed by atoms with Gasteiger partial charge < -0.3 is 10.1 Å². The highest BCUT2D eigenvalue weighted by Crippen LogP contribution is 2.25. The van der Waals surface area contributed by atoms with E-state index >= 15 is 0 Å². The Hall–Kier alpha value is -2.50. The van der Waals surface area contributed by atoms with E-state index in [4.69, 9.17) is 27.9 Å². The molecule has 0 atom stereocenters. The maximum Gasteiger partial charge on any atom is 0.251 e. The lowest BCUT2D eigenvalue weighted by atomic mass is 10.1. The van der Waals surface area contributed by atoms with Gasteiger partial charge in [-0.15, -0.1) is 0 Å². The number of benzene rings is 2. The first-order valence-electron chi connectivity index (χ1n) is 9.81. The molecule has 0 saturated carbocycles. The number of amides is 1. The maximum absolute atomic E-state index is 12.3. The zero-order valence-corrected chi connectivity index (χ0v) is 18.8. The van der Waals surface area contributed by atoms with Gasteiger partial charge >= 0.3 is 0 Å². The second-order valence-corrected chi connectivity index (χ2v) is 7.97. The smallest absolute Gasteiger partial charge is 0.251 e. The first kappa shape index (κ1) is 22.2. The predicted octanol–water partition coefficient (Wildman–Crippen LogP) is 5.51. The summed E-state index contributed by atoms with van der Waals surface area (Å²) >= 11 is 12.2. The summed E-state index contributed by atoms with van der Waals surface area (Å²) in [6.45, 7) is 7.44. The summed E-state index contributed by atoms with van der Waals surface area (Å²) < 4.78 is 7.62. The van der Waals surface area contributed by atoms with Gasteiger partial charge in [0, 0.05) is 18.7 Å². The largest absolute Gasteiger partial charge is 0.488 e. The van der Waals surface area contributed by atoms with Crippen LogP contribution in [0.3, 0.4) is 0 Å². The van der Waals surface area contributed by atoms with E-state index in [-0.39, 0.29) is 5.91 Å². The quantitative estimate of drug-likeness (QED) is 0.464. The molecule has 3 aromatic rings. The molecule has 5 nitrogen and oxygen atoms in total. The number of carbonyl (C=O) groups is 1. The summed E-state index contributed by atoms with van der Waals surface area (Å²) in [7, 11) is 0. The topological polar surface area (TPSA) is 56.1 Å². The van der Waals surface area contributed by atoms with E-state index in [9.17, 15) is 4.79 Å². The van der Waals surface area contributed by atoms with E-state index in [2.05, 4.69) is 10.4 Å². The van der Waals surface area contributed by atoms with Crippen molar-refractivity contribution in [3.63, 3.8) is 0 Å². The van der Waals surface area contributed by atoms with Crippen molar-refractivity contribution in [3.8, 4) is 5.75 Å². The molecule has 0 radical (unpaired) electrons. The van der Waals surface area contributed by atoms with Crippen molar-refractivity contribution in [1.29, 1.82) is 0 Å². The summed E-state index contributed by atoms with van der Waals surface area (Å²) in [5.41, 5.74) is 4.55. The minimum Gasteiger partial charge on any atom is -0.488 e. The van der Waals surface area contributed by atoms with Gasteiger partial charge in [-0.3, -0.25) is 9.48 Å². The van der Waals surface area contributed by atoms with Gasteiger partial charge in [0.1, 0.15) is 22.5 Å². The number of ether oxygens (including phenoxy) is 1. The Bertz CT molecular complexity index is 1010. The van der Waals surface area contributed by atoms with Gasteiger partial charge in [-0.2, -0.15) is 5.10 Å². The molecular weight excluding hydrogens is 421 g/mol. The highest BCUT2D eigenvalue weighted by atomic mass is 35.5. The van der Waals surface area contributed by atoms with E-state index in [0.717, 1.165) is 22.4 Å². The van der Waals surface area contributed by atoms with Crippen LogP contribution < -0.4 is 10.1 Å². The molecule has 1 heterocycles. The summed E-state index contributed by atoms with van der Waals surface area (Å²) in [5.74, 6) is 0.797. The molecule has 1 amide bonds. The number of aromatic nitrogens is 2. The van der Waals surface area contributed by atoms with Gasteiger partial charge in [0.15, 0.2) is 0 Å². The molecule has 0 fully saturated rings. The molecular formula is C23H25Cl2N3O2. The zero-order valence-electron chi connectivity index (χ0n) is 17.3. The molecule has 0 saturated heterocycles. The predicted molar refractivity (Wildman–Crippen MR) is 121 cm³/mol. The number of halogens is 2. The Morgan fingerprint density at radius 2 is 1.73 bits per heavy atom. The average Bonchev–Trinajstić information content (AvgIpc) is 2.98. The van der Waals surface area contributed by atoms with Crippen LogP contribution in [0.15, 0.2) is 42.5 Å². The van der Waals surface area contributed by atoms with Gasteiger partial charge in [0.05, 0.1) is 5.69 Å². The van der Waals surface area contributed by atoms with E-state index in [0.29, 0.717) is 47.6 Å². The van der Waals surface area contributed by atoms with Crippen LogP contribution in [0, 0.1) is 20.8 Å². The Balaban J connectivity index is 1.47. The lowest BCUT2D eigenvalue weighted by Gasteiger charge is -2.12. The van der Waals surface area contributed by atoms with Crippen LogP contribution in [0.1, 0.15) is 39.2 Å². The first-order chi connectivity index (χ1) is 14.4. The van der Waals surface area contributed by atoms with Crippen molar-refractivity contribution in [2.75, 3.05) is 6.54 Å². The molecule has 0 unspecified atom stereocenters. The summed E-state index contributed by atoms with van der Waals surface area (Å²) in [4.78, 5) is 12.3. The number of nitrogens with one attached hydrogen (secondary N) is 1. The van der Waals surface area contributed by atoms with Crippen LogP contribution in [-0.2, 0) is 13.2 Å². The SMILES string of the molecule is Cc1cccc(C)c1OCc1ccc(C(=O)NCCCn2nc(C)c(Cl)c2Cl)cc1. The maximum atomic E-state index is 12.3. The number of rotatable bonds is 8. The highest BCUT2D eigenvalue weighted by molar-refractivity contribution is 6.41. The van der Waals surface area contributed by atoms with Crippen LogP contribution in [0.25, 0.3) is 0 Å². The van der Waals surface area contributed by atoms with Gasteiger partial charge in [-0.1, -0.05) is 53.5 Å². The summed E-state index contributed by atoms with van der Waals surface area (Å²) in [5, 5.41) is 8.09. The van der Waals surface area contributed by atoms with Gasteiger partial charge in [-0.05, 0) is 56.0 Å². The number of carbonyl (C=O) groups excluding carboxylic acids is 1. The van der Waals surface area contributed by atoms with Crippen LogP contribution in [0.5, 0.6) is 5.75 Å². The third-order valence-electron chi connectivity index (χ3n) is 4.84. The number of nitrogens with zero attached hydrogens (tertiary/aromatic N) is 2. The summed E-state index contributed by atoms with van der Waals surface area (Å²) in [6, 6.07) is 13.5. The molecule has 0 aliphatic rings. The number of hydrogen-bond acceptors (Lipinski definition) is 3. The second kappa shape index (κ2) is 10.0. The first-order valence-corrected chi connectivity index (χ1v) is 10.6. The minimum absolute atomic E-state index is 0.113. The third kappa shape index (κ3) is 5.35. The number of aryl methyl sites for hydroxylation is 4. The Kier molecular flexibility index (Phi) is 7.40. The summed E-state index contributed by atoms with van der Waals surface area (Å²) in [6.07, 6.45) is 0.699. The number of para-hydroxylation sites is 1. The van der Waals surface area contributed by atoms with Crippen LogP contribution in [0.2, 0.25) is 10.2 Å². The van der Waals surface area contributed by atoms with Crippen molar-refractivity contribution < 1.29 is 9.53 Å².